The fourth-order valence-corrected chi connectivity index (χ4v) is 5.28. The van der Waals surface area contributed by atoms with E-state index in [1.807, 2.05) is 17.2 Å². The van der Waals surface area contributed by atoms with Gasteiger partial charge in [0.1, 0.15) is 5.82 Å². The summed E-state index contributed by atoms with van der Waals surface area (Å²) in [5.74, 6) is 1.74. The Kier molecular flexibility index (Phi) is 7.58. The number of pyridine rings is 1. The second-order valence-electron chi connectivity index (χ2n) is 7.59. The van der Waals surface area contributed by atoms with Crippen molar-refractivity contribution >= 4 is 58.0 Å². The van der Waals surface area contributed by atoms with Crippen molar-refractivity contribution in [3.8, 4) is 0 Å². The molecular weight excluding hydrogens is 439 g/mol. The number of anilines is 1. The molecule has 2 aliphatic heterocycles. The molecule has 4 heterocycles. The standard InChI is InChI=1S/C22H24N4OS.2ClH/c27-22(19-14-18(15-24-19)16-4-2-1-3-5-16)26-11-9-25(10-12-26)21-20-17(6-8-23-21)7-13-28-20;;/h1-8,13,18-19,24H,9-12,14-15H2;2*1H/t18-,19-;;/m1../s1. The Balaban J connectivity index is 0.00000128. The third-order valence-electron chi connectivity index (χ3n) is 5.94. The van der Waals surface area contributed by atoms with Gasteiger partial charge in [0, 0.05) is 38.9 Å². The number of nitrogens with one attached hydrogen (secondary N) is 1. The van der Waals surface area contributed by atoms with Gasteiger partial charge in [0.05, 0.1) is 10.7 Å². The Labute approximate surface area is 193 Å². The number of carbonyl (C=O) groups excluding carboxylic acids is 1. The zero-order chi connectivity index (χ0) is 18.9. The van der Waals surface area contributed by atoms with Crippen LogP contribution in [-0.4, -0.2) is 54.6 Å². The summed E-state index contributed by atoms with van der Waals surface area (Å²) in [6.45, 7) is 4.08. The highest BCUT2D eigenvalue weighted by molar-refractivity contribution is 7.17. The van der Waals surface area contributed by atoms with Crippen LogP contribution < -0.4 is 10.2 Å². The number of benzene rings is 1. The van der Waals surface area contributed by atoms with Crippen LogP contribution in [0, 0.1) is 0 Å². The van der Waals surface area contributed by atoms with Crippen LogP contribution in [-0.2, 0) is 4.79 Å². The lowest BCUT2D eigenvalue weighted by Crippen LogP contribution is -2.53. The second-order valence-corrected chi connectivity index (χ2v) is 8.51. The van der Waals surface area contributed by atoms with Crippen LogP contribution in [0.15, 0.2) is 54.0 Å². The van der Waals surface area contributed by atoms with Crippen molar-refractivity contribution in [2.24, 2.45) is 0 Å². The zero-order valence-electron chi connectivity index (χ0n) is 16.6. The number of piperazine rings is 1. The van der Waals surface area contributed by atoms with Gasteiger partial charge < -0.3 is 15.1 Å². The number of aromatic nitrogens is 1. The SMILES string of the molecule is Cl.Cl.O=C([C@H]1C[C@@H](c2ccccc2)CN1)N1CCN(c2nccc3ccsc23)CC1. The van der Waals surface area contributed by atoms with E-state index in [1.54, 1.807) is 11.3 Å². The number of amides is 1. The maximum absolute atomic E-state index is 13.0. The normalized spacial score (nSPS) is 21.2. The first kappa shape index (κ1) is 22.8. The van der Waals surface area contributed by atoms with E-state index >= 15 is 0 Å². The minimum Gasteiger partial charge on any atom is -0.352 e. The molecule has 160 valence electrons. The van der Waals surface area contributed by atoms with Crippen molar-refractivity contribution in [1.29, 1.82) is 0 Å². The third-order valence-corrected chi connectivity index (χ3v) is 6.87. The molecular formula is C22H26Cl2N4OS. The number of carbonyl (C=O) groups is 1. The molecule has 2 fully saturated rings. The summed E-state index contributed by atoms with van der Waals surface area (Å²) < 4.78 is 1.24. The second kappa shape index (κ2) is 9.96. The first-order valence-electron chi connectivity index (χ1n) is 9.94. The van der Waals surface area contributed by atoms with Gasteiger partial charge in [0.2, 0.25) is 5.91 Å². The van der Waals surface area contributed by atoms with Gasteiger partial charge in [0.15, 0.2) is 0 Å². The van der Waals surface area contributed by atoms with Crippen LogP contribution in [0.1, 0.15) is 17.9 Å². The number of nitrogens with zero attached hydrogens (tertiary/aromatic N) is 3. The Morgan fingerprint density at radius 2 is 1.80 bits per heavy atom. The number of halogens is 2. The average molecular weight is 465 g/mol. The van der Waals surface area contributed by atoms with Gasteiger partial charge >= 0.3 is 0 Å². The van der Waals surface area contributed by atoms with Gasteiger partial charge in [-0.15, -0.1) is 36.2 Å². The lowest BCUT2D eigenvalue weighted by atomic mass is 9.96. The molecule has 1 aromatic carbocycles. The van der Waals surface area contributed by atoms with Gasteiger partial charge in [-0.1, -0.05) is 30.3 Å². The summed E-state index contributed by atoms with van der Waals surface area (Å²) in [6.07, 6.45) is 2.77. The molecule has 5 rings (SSSR count). The largest absolute Gasteiger partial charge is 0.352 e. The van der Waals surface area contributed by atoms with E-state index in [9.17, 15) is 4.79 Å². The molecule has 0 saturated carbocycles. The predicted octanol–water partition coefficient (Wildman–Crippen LogP) is 3.93. The Hall–Kier alpha value is -1.86. The lowest BCUT2D eigenvalue weighted by Gasteiger charge is -2.36. The molecule has 0 aliphatic carbocycles. The van der Waals surface area contributed by atoms with E-state index in [0.29, 0.717) is 5.92 Å². The highest BCUT2D eigenvalue weighted by atomic mass is 35.5. The predicted molar refractivity (Wildman–Crippen MR) is 128 cm³/mol. The maximum atomic E-state index is 13.0. The number of fused-ring (bicyclic) bond motifs is 1. The van der Waals surface area contributed by atoms with E-state index in [-0.39, 0.29) is 36.8 Å². The molecule has 0 bridgehead atoms. The van der Waals surface area contributed by atoms with E-state index in [4.69, 9.17) is 0 Å². The van der Waals surface area contributed by atoms with E-state index in [0.717, 1.165) is 45.0 Å². The van der Waals surface area contributed by atoms with Crippen LogP contribution >= 0.6 is 36.2 Å². The van der Waals surface area contributed by atoms with Gasteiger partial charge in [-0.3, -0.25) is 4.79 Å². The van der Waals surface area contributed by atoms with Crippen molar-refractivity contribution in [1.82, 2.24) is 15.2 Å². The smallest absolute Gasteiger partial charge is 0.239 e. The van der Waals surface area contributed by atoms with Crippen LogP contribution in [0.3, 0.4) is 0 Å². The first-order valence-corrected chi connectivity index (χ1v) is 10.8. The van der Waals surface area contributed by atoms with E-state index in [1.165, 1.54) is 15.6 Å². The molecule has 3 aromatic rings. The number of thiophene rings is 1. The van der Waals surface area contributed by atoms with Crippen molar-refractivity contribution < 1.29 is 4.79 Å². The summed E-state index contributed by atoms with van der Waals surface area (Å²) in [4.78, 5) is 22.0. The van der Waals surface area contributed by atoms with Crippen molar-refractivity contribution in [2.45, 2.75) is 18.4 Å². The molecule has 1 N–H and O–H groups in total. The monoisotopic (exact) mass is 464 g/mol. The molecule has 2 saturated heterocycles. The summed E-state index contributed by atoms with van der Waals surface area (Å²) in [5.41, 5.74) is 1.32. The van der Waals surface area contributed by atoms with Crippen LogP contribution in [0.25, 0.3) is 10.1 Å². The quantitative estimate of drug-likeness (QED) is 0.637. The van der Waals surface area contributed by atoms with E-state index < -0.39 is 0 Å². The molecule has 0 spiro atoms. The van der Waals surface area contributed by atoms with Crippen molar-refractivity contribution in [2.75, 3.05) is 37.6 Å². The molecule has 1 amide bonds. The van der Waals surface area contributed by atoms with Gasteiger partial charge in [-0.25, -0.2) is 4.98 Å². The zero-order valence-corrected chi connectivity index (χ0v) is 19.0. The molecule has 5 nitrogen and oxygen atoms in total. The topological polar surface area (TPSA) is 48.5 Å². The molecule has 2 aliphatic rings. The molecule has 2 atom stereocenters. The number of rotatable bonds is 3. The van der Waals surface area contributed by atoms with Crippen molar-refractivity contribution in [3.05, 3.63) is 59.6 Å². The minimum atomic E-state index is -0.0596. The minimum absolute atomic E-state index is 0. The fraction of sp³-hybridized carbons (Fsp3) is 0.364. The molecule has 2 aromatic heterocycles. The van der Waals surface area contributed by atoms with Crippen LogP contribution in [0.5, 0.6) is 0 Å². The maximum Gasteiger partial charge on any atom is 0.239 e. The van der Waals surface area contributed by atoms with Crippen molar-refractivity contribution in [3.63, 3.8) is 0 Å². The molecule has 30 heavy (non-hydrogen) atoms. The highest BCUT2D eigenvalue weighted by Crippen LogP contribution is 2.30. The Bertz CT molecular complexity index is 975. The lowest BCUT2D eigenvalue weighted by molar-refractivity contribution is -0.133. The Morgan fingerprint density at radius 1 is 1.03 bits per heavy atom. The number of hydrogen-bond donors (Lipinski definition) is 1. The van der Waals surface area contributed by atoms with Crippen LogP contribution in [0.4, 0.5) is 5.82 Å². The summed E-state index contributed by atoms with van der Waals surface area (Å²) in [5, 5.41) is 6.81. The van der Waals surface area contributed by atoms with Gasteiger partial charge in [-0.05, 0) is 40.8 Å². The molecule has 0 radical (unpaired) electrons. The summed E-state index contributed by atoms with van der Waals surface area (Å²) in [6, 6.07) is 14.7. The van der Waals surface area contributed by atoms with Gasteiger partial charge in [0.25, 0.3) is 0 Å². The van der Waals surface area contributed by atoms with Gasteiger partial charge in [-0.2, -0.15) is 0 Å². The fourth-order valence-electron chi connectivity index (χ4n) is 4.37. The average Bonchev–Trinajstić information content (AvgIpc) is 3.43. The number of hydrogen-bond acceptors (Lipinski definition) is 5. The summed E-state index contributed by atoms with van der Waals surface area (Å²) in [7, 11) is 0. The molecule has 8 heteroatoms. The molecule has 0 unspecified atom stereocenters. The Morgan fingerprint density at radius 3 is 2.57 bits per heavy atom. The van der Waals surface area contributed by atoms with E-state index in [2.05, 4.69) is 57.0 Å². The summed E-state index contributed by atoms with van der Waals surface area (Å²) >= 11 is 1.74. The highest BCUT2D eigenvalue weighted by Gasteiger charge is 2.34. The van der Waals surface area contributed by atoms with Crippen LogP contribution in [0.2, 0.25) is 0 Å². The first-order chi connectivity index (χ1) is 13.8. The third kappa shape index (κ3) is 4.42.